The topological polar surface area (TPSA) is 48.7 Å². The average Bonchev–Trinajstić information content (AvgIpc) is 2.71. The van der Waals surface area contributed by atoms with Crippen molar-refractivity contribution in [2.75, 3.05) is 20.8 Å². The number of nitrogens with zero attached hydrogens (tertiary/aromatic N) is 3. The second kappa shape index (κ2) is 4.94. The van der Waals surface area contributed by atoms with Crippen LogP contribution in [0, 0.1) is 0 Å². The van der Waals surface area contributed by atoms with Gasteiger partial charge in [-0.05, 0) is 18.6 Å². The first kappa shape index (κ1) is 10.9. The third-order valence-electron chi connectivity index (χ3n) is 2.34. The van der Waals surface area contributed by atoms with E-state index in [1.807, 2.05) is 18.3 Å². The van der Waals surface area contributed by atoms with Gasteiger partial charge in [0.15, 0.2) is 17.2 Å². The number of aromatic nitrogens is 3. The molecule has 0 radical (unpaired) electrons. The van der Waals surface area contributed by atoms with Gasteiger partial charge in [-0.15, -0.1) is 0 Å². The van der Waals surface area contributed by atoms with Crippen LogP contribution in [0.3, 0.4) is 0 Å². The molecule has 5 heteroatoms. The van der Waals surface area contributed by atoms with Crippen molar-refractivity contribution in [2.45, 2.75) is 12.8 Å². The van der Waals surface area contributed by atoms with Gasteiger partial charge in [0, 0.05) is 26.3 Å². The molecule has 2 aromatic rings. The molecule has 2 heterocycles. The van der Waals surface area contributed by atoms with Gasteiger partial charge in [0.2, 0.25) is 0 Å². The zero-order chi connectivity index (χ0) is 11.4. The monoisotopic (exact) mass is 221 g/mol. The molecule has 16 heavy (non-hydrogen) atoms. The molecule has 0 aliphatic heterocycles. The van der Waals surface area contributed by atoms with E-state index in [4.69, 9.17) is 9.47 Å². The van der Waals surface area contributed by atoms with Crippen LogP contribution in [-0.4, -0.2) is 35.4 Å². The van der Waals surface area contributed by atoms with Crippen LogP contribution in [0.4, 0.5) is 0 Å². The Morgan fingerprint density at radius 3 is 3.00 bits per heavy atom. The van der Waals surface area contributed by atoms with Crippen molar-refractivity contribution in [3.05, 3.63) is 24.2 Å². The molecule has 0 aromatic carbocycles. The third-order valence-corrected chi connectivity index (χ3v) is 2.34. The Bertz CT molecular complexity index is 467. The summed E-state index contributed by atoms with van der Waals surface area (Å²) in [6, 6.07) is 3.77. The van der Waals surface area contributed by atoms with Crippen molar-refractivity contribution in [3.8, 4) is 5.75 Å². The van der Waals surface area contributed by atoms with E-state index in [1.165, 1.54) is 0 Å². The van der Waals surface area contributed by atoms with Crippen LogP contribution in [0.15, 0.2) is 18.3 Å². The van der Waals surface area contributed by atoms with E-state index in [9.17, 15) is 0 Å². The Morgan fingerprint density at radius 1 is 1.38 bits per heavy atom. The van der Waals surface area contributed by atoms with Gasteiger partial charge < -0.3 is 9.47 Å². The Balaban J connectivity index is 2.22. The fourth-order valence-corrected chi connectivity index (χ4v) is 1.57. The van der Waals surface area contributed by atoms with Crippen molar-refractivity contribution < 1.29 is 9.47 Å². The van der Waals surface area contributed by atoms with Gasteiger partial charge in [0.25, 0.3) is 0 Å². The summed E-state index contributed by atoms with van der Waals surface area (Å²) in [6.07, 6.45) is 3.61. The molecular weight excluding hydrogens is 206 g/mol. The van der Waals surface area contributed by atoms with Crippen molar-refractivity contribution in [2.24, 2.45) is 0 Å². The summed E-state index contributed by atoms with van der Waals surface area (Å²) in [5.74, 6) is 1.56. The standard InChI is InChI=1S/C11H15N3O2/c1-15-8-4-6-10-12-11-9(16-2)5-3-7-14(11)13-10/h3,5,7H,4,6,8H2,1-2H3. The summed E-state index contributed by atoms with van der Waals surface area (Å²) >= 11 is 0. The molecule has 0 atom stereocenters. The summed E-state index contributed by atoms with van der Waals surface area (Å²) in [5, 5.41) is 4.36. The number of hydrogen-bond donors (Lipinski definition) is 0. The van der Waals surface area contributed by atoms with Crippen LogP contribution in [0.5, 0.6) is 5.75 Å². The second-order valence-corrected chi connectivity index (χ2v) is 3.47. The molecule has 5 nitrogen and oxygen atoms in total. The highest BCUT2D eigenvalue weighted by molar-refractivity contribution is 5.52. The minimum atomic E-state index is 0.729. The Labute approximate surface area is 94.0 Å². The molecule has 0 aliphatic carbocycles. The highest BCUT2D eigenvalue weighted by Gasteiger charge is 2.07. The van der Waals surface area contributed by atoms with Crippen LogP contribution in [0.1, 0.15) is 12.2 Å². The zero-order valence-electron chi connectivity index (χ0n) is 9.51. The highest BCUT2D eigenvalue weighted by atomic mass is 16.5. The molecule has 0 amide bonds. The first-order valence-corrected chi connectivity index (χ1v) is 5.22. The summed E-state index contributed by atoms with van der Waals surface area (Å²) in [7, 11) is 3.33. The molecule has 0 spiro atoms. The quantitative estimate of drug-likeness (QED) is 0.714. The molecular formula is C11H15N3O2. The molecule has 0 aliphatic rings. The fraction of sp³-hybridized carbons (Fsp3) is 0.455. The Kier molecular flexibility index (Phi) is 3.36. The van der Waals surface area contributed by atoms with Crippen LogP contribution in [0.2, 0.25) is 0 Å². The van der Waals surface area contributed by atoms with Gasteiger partial charge in [-0.1, -0.05) is 0 Å². The van der Waals surface area contributed by atoms with Crippen LogP contribution in [0.25, 0.3) is 5.65 Å². The number of rotatable bonds is 5. The van der Waals surface area contributed by atoms with Crippen molar-refractivity contribution in [3.63, 3.8) is 0 Å². The molecule has 0 bridgehead atoms. The molecule has 0 fully saturated rings. The number of hydrogen-bond acceptors (Lipinski definition) is 4. The van der Waals surface area contributed by atoms with E-state index >= 15 is 0 Å². The zero-order valence-corrected chi connectivity index (χ0v) is 9.51. The lowest BCUT2D eigenvalue weighted by Crippen LogP contribution is -1.94. The smallest absolute Gasteiger partial charge is 0.198 e. The first-order valence-electron chi connectivity index (χ1n) is 5.22. The molecule has 86 valence electrons. The number of ether oxygens (including phenoxy) is 2. The fourth-order valence-electron chi connectivity index (χ4n) is 1.57. The van der Waals surface area contributed by atoms with Crippen LogP contribution >= 0.6 is 0 Å². The van der Waals surface area contributed by atoms with Gasteiger partial charge in [0.1, 0.15) is 0 Å². The molecule has 0 saturated heterocycles. The molecule has 0 N–H and O–H groups in total. The molecule has 2 aromatic heterocycles. The Hall–Kier alpha value is -1.62. The molecule has 0 saturated carbocycles. The summed E-state index contributed by atoms with van der Waals surface area (Å²) in [5.41, 5.74) is 0.761. The van der Waals surface area contributed by atoms with E-state index in [0.717, 1.165) is 36.7 Å². The molecule has 0 unspecified atom stereocenters. The van der Waals surface area contributed by atoms with Crippen LogP contribution < -0.4 is 4.74 Å². The summed E-state index contributed by atoms with van der Waals surface area (Å²) in [6.45, 7) is 0.729. The SMILES string of the molecule is COCCCc1nc2c(OC)cccn2n1. The van der Waals surface area contributed by atoms with Gasteiger partial charge >= 0.3 is 0 Å². The maximum absolute atomic E-state index is 5.22. The van der Waals surface area contributed by atoms with E-state index in [2.05, 4.69) is 10.1 Å². The summed E-state index contributed by atoms with van der Waals surface area (Å²) in [4.78, 5) is 4.43. The maximum atomic E-state index is 5.22. The number of pyridine rings is 1. The molecule has 2 rings (SSSR count). The number of aryl methyl sites for hydroxylation is 1. The lowest BCUT2D eigenvalue weighted by molar-refractivity contribution is 0.194. The van der Waals surface area contributed by atoms with Crippen molar-refractivity contribution in [1.82, 2.24) is 14.6 Å². The van der Waals surface area contributed by atoms with Gasteiger partial charge in [-0.2, -0.15) is 5.10 Å². The van der Waals surface area contributed by atoms with Gasteiger partial charge in [-0.25, -0.2) is 9.50 Å². The van der Waals surface area contributed by atoms with Crippen molar-refractivity contribution in [1.29, 1.82) is 0 Å². The lowest BCUT2D eigenvalue weighted by Gasteiger charge is -1.98. The highest BCUT2D eigenvalue weighted by Crippen LogP contribution is 2.16. The first-order chi connectivity index (χ1) is 7.85. The van der Waals surface area contributed by atoms with Gasteiger partial charge in [-0.3, -0.25) is 0 Å². The van der Waals surface area contributed by atoms with Crippen molar-refractivity contribution >= 4 is 5.65 Å². The number of fused-ring (bicyclic) bond motifs is 1. The largest absolute Gasteiger partial charge is 0.493 e. The van der Waals surface area contributed by atoms with E-state index in [1.54, 1.807) is 18.7 Å². The predicted octanol–water partition coefficient (Wildman–Crippen LogP) is 1.32. The predicted molar refractivity (Wildman–Crippen MR) is 59.7 cm³/mol. The van der Waals surface area contributed by atoms with E-state index in [-0.39, 0.29) is 0 Å². The van der Waals surface area contributed by atoms with Gasteiger partial charge in [0.05, 0.1) is 7.11 Å². The lowest BCUT2D eigenvalue weighted by atomic mass is 10.3. The number of methoxy groups -OCH3 is 2. The normalized spacial score (nSPS) is 10.9. The summed E-state index contributed by atoms with van der Waals surface area (Å²) < 4.78 is 12.0. The Morgan fingerprint density at radius 2 is 2.25 bits per heavy atom. The third kappa shape index (κ3) is 2.14. The van der Waals surface area contributed by atoms with E-state index < -0.39 is 0 Å². The minimum absolute atomic E-state index is 0.729. The maximum Gasteiger partial charge on any atom is 0.198 e. The average molecular weight is 221 g/mol. The minimum Gasteiger partial charge on any atom is -0.493 e. The van der Waals surface area contributed by atoms with E-state index in [0.29, 0.717) is 0 Å². The van der Waals surface area contributed by atoms with Crippen LogP contribution in [-0.2, 0) is 11.2 Å². The second-order valence-electron chi connectivity index (χ2n) is 3.47.